The number of hydrogen-bond donors (Lipinski definition) is 0. The first-order valence-electron chi connectivity index (χ1n) is 7.85. The summed E-state index contributed by atoms with van der Waals surface area (Å²) in [7, 11) is 0. The molecule has 4 rings (SSSR count). The highest BCUT2D eigenvalue weighted by Gasteiger charge is 2.20. The Morgan fingerprint density at radius 1 is 1.04 bits per heavy atom. The summed E-state index contributed by atoms with van der Waals surface area (Å²) in [5.74, 6) is 2.75. The molecule has 0 bridgehead atoms. The van der Waals surface area contributed by atoms with Crippen LogP contribution in [0.15, 0.2) is 68.5 Å². The fourth-order valence-corrected chi connectivity index (χ4v) is 3.79. The number of hydrogen-bond acceptors (Lipinski definition) is 3. The maximum Gasteiger partial charge on any atom is 0.344 e. The van der Waals surface area contributed by atoms with Gasteiger partial charge >= 0.3 is 5.63 Å². The average Bonchev–Trinajstić information content (AvgIpc) is 3.14. The van der Waals surface area contributed by atoms with Gasteiger partial charge in [0, 0.05) is 22.1 Å². The molecule has 25 heavy (non-hydrogen) atoms. The van der Waals surface area contributed by atoms with Crippen molar-refractivity contribution in [2.24, 2.45) is 0 Å². The van der Waals surface area contributed by atoms with E-state index >= 15 is 0 Å². The first kappa shape index (κ1) is 15.4. The Balaban J connectivity index is 2.26. The quantitative estimate of drug-likeness (QED) is 0.357. The molecule has 0 atom stereocenters. The molecule has 2 aromatic heterocycles. The van der Waals surface area contributed by atoms with Crippen molar-refractivity contribution in [3.8, 4) is 34.6 Å². The molecule has 0 radical (unpaired) electrons. The van der Waals surface area contributed by atoms with Crippen molar-refractivity contribution in [2.45, 2.75) is 6.92 Å². The van der Waals surface area contributed by atoms with Crippen LogP contribution in [0, 0.1) is 19.3 Å². The third kappa shape index (κ3) is 2.57. The van der Waals surface area contributed by atoms with Gasteiger partial charge in [-0.15, -0.1) is 6.42 Å². The molecule has 2 heterocycles. The minimum atomic E-state index is -0.349. The maximum absolute atomic E-state index is 12.8. The van der Waals surface area contributed by atoms with Crippen LogP contribution in [0.2, 0.25) is 0 Å². The van der Waals surface area contributed by atoms with Crippen LogP contribution < -0.4 is 5.63 Å². The van der Waals surface area contributed by atoms with Crippen LogP contribution in [-0.2, 0) is 0 Å². The summed E-state index contributed by atoms with van der Waals surface area (Å²) in [4.78, 5) is 12.8. The van der Waals surface area contributed by atoms with E-state index in [2.05, 4.69) is 5.92 Å². The second kappa shape index (κ2) is 6.08. The van der Waals surface area contributed by atoms with Crippen molar-refractivity contribution >= 4 is 22.3 Å². The molecule has 0 unspecified atom stereocenters. The van der Waals surface area contributed by atoms with Crippen molar-refractivity contribution in [1.82, 2.24) is 0 Å². The van der Waals surface area contributed by atoms with E-state index in [0.29, 0.717) is 11.1 Å². The highest BCUT2D eigenvalue weighted by molar-refractivity contribution is 7.08. The average molecular weight is 342 g/mol. The van der Waals surface area contributed by atoms with E-state index in [1.165, 1.54) is 0 Å². The maximum atomic E-state index is 12.8. The van der Waals surface area contributed by atoms with Gasteiger partial charge < -0.3 is 4.42 Å². The fraction of sp³-hybridized carbons (Fsp3) is 0.0455. The topological polar surface area (TPSA) is 30.2 Å². The Labute approximate surface area is 149 Å². The monoisotopic (exact) mass is 342 g/mol. The normalized spacial score (nSPS) is 10.7. The van der Waals surface area contributed by atoms with E-state index in [9.17, 15) is 4.79 Å². The highest BCUT2D eigenvalue weighted by Crippen LogP contribution is 2.38. The van der Waals surface area contributed by atoms with E-state index in [0.717, 1.165) is 33.2 Å². The Kier molecular flexibility index (Phi) is 3.76. The molecule has 0 aliphatic carbocycles. The van der Waals surface area contributed by atoms with E-state index in [1.54, 1.807) is 11.3 Å². The summed E-state index contributed by atoms with van der Waals surface area (Å²) in [5.41, 5.74) is 5.05. The number of fused-ring (bicyclic) bond motifs is 1. The second-order valence-corrected chi connectivity index (χ2v) is 6.63. The molecular formula is C22H14O2S. The number of aryl methyl sites for hydroxylation is 1. The van der Waals surface area contributed by atoms with E-state index in [1.807, 2.05) is 66.2 Å². The van der Waals surface area contributed by atoms with Crippen molar-refractivity contribution in [1.29, 1.82) is 0 Å². The van der Waals surface area contributed by atoms with E-state index in [4.69, 9.17) is 10.8 Å². The molecule has 120 valence electrons. The molecule has 0 N–H and O–H groups in total. The zero-order chi connectivity index (χ0) is 17.4. The molecule has 0 aliphatic heterocycles. The van der Waals surface area contributed by atoms with Gasteiger partial charge in [0.15, 0.2) is 0 Å². The number of rotatable bonds is 2. The van der Waals surface area contributed by atoms with Crippen LogP contribution in [0.5, 0.6) is 0 Å². The van der Waals surface area contributed by atoms with Gasteiger partial charge in [0.05, 0.1) is 5.56 Å². The minimum absolute atomic E-state index is 0.349. The summed E-state index contributed by atoms with van der Waals surface area (Å²) in [6.07, 6.45) is 5.77. The summed E-state index contributed by atoms with van der Waals surface area (Å²) in [6.45, 7) is 1.94. The molecule has 0 amide bonds. The van der Waals surface area contributed by atoms with Gasteiger partial charge in [-0.05, 0) is 47.0 Å². The first-order valence-corrected chi connectivity index (χ1v) is 8.79. The van der Waals surface area contributed by atoms with Gasteiger partial charge in [-0.25, -0.2) is 4.79 Å². The van der Waals surface area contributed by atoms with Gasteiger partial charge in [-0.1, -0.05) is 36.3 Å². The van der Waals surface area contributed by atoms with Crippen LogP contribution >= 0.6 is 11.3 Å². The third-order valence-electron chi connectivity index (χ3n) is 4.18. The van der Waals surface area contributed by atoms with Crippen molar-refractivity contribution in [3.05, 3.63) is 80.8 Å². The predicted octanol–water partition coefficient (Wildman–Crippen LogP) is 5.48. The van der Waals surface area contributed by atoms with E-state index < -0.39 is 0 Å². The molecule has 0 saturated carbocycles. The van der Waals surface area contributed by atoms with Crippen LogP contribution in [-0.4, -0.2) is 0 Å². The zero-order valence-electron chi connectivity index (χ0n) is 13.6. The SMILES string of the molecule is C#Cc1cc(C)cc2oc(=O)c(-c3ccsc3)c(-c3ccccc3)c12. The summed E-state index contributed by atoms with van der Waals surface area (Å²) in [6, 6.07) is 15.6. The molecule has 0 spiro atoms. The molecule has 0 saturated heterocycles. The molecule has 2 aromatic carbocycles. The van der Waals surface area contributed by atoms with Crippen molar-refractivity contribution in [3.63, 3.8) is 0 Å². The number of benzene rings is 2. The zero-order valence-corrected chi connectivity index (χ0v) is 14.4. The van der Waals surface area contributed by atoms with Crippen LogP contribution in [0.1, 0.15) is 11.1 Å². The molecule has 4 aromatic rings. The Morgan fingerprint density at radius 2 is 1.84 bits per heavy atom. The van der Waals surface area contributed by atoms with Gasteiger partial charge in [0.25, 0.3) is 0 Å². The van der Waals surface area contributed by atoms with Crippen molar-refractivity contribution < 1.29 is 4.42 Å². The Hall–Kier alpha value is -3.09. The third-order valence-corrected chi connectivity index (χ3v) is 4.86. The molecule has 0 aliphatic rings. The largest absolute Gasteiger partial charge is 0.422 e. The van der Waals surface area contributed by atoms with Gasteiger partial charge in [-0.2, -0.15) is 11.3 Å². The van der Waals surface area contributed by atoms with Crippen LogP contribution in [0.25, 0.3) is 33.2 Å². The lowest BCUT2D eigenvalue weighted by Crippen LogP contribution is -2.06. The second-order valence-electron chi connectivity index (χ2n) is 5.85. The molecule has 3 heteroatoms. The summed E-state index contributed by atoms with van der Waals surface area (Å²) in [5, 5.41) is 4.71. The molecular weight excluding hydrogens is 328 g/mol. The Bertz CT molecular complexity index is 1160. The minimum Gasteiger partial charge on any atom is -0.422 e. The van der Waals surface area contributed by atoms with E-state index in [-0.39, 0.29) is 5.63 Å². The number of thiophene rings is 1. The standard InChI is InChI=1S/C22H14O2S/c1-3-15-11-14(2)12-18-19(15)20(16-7-5-4-6-8-16)21(22(23)24-18)17-9-10-25-13-17/h1,4-13H,2H3. The first-order chi connectivity index (χ1) is 12.2. The molecule has 2 nitrogen and oxygen atoms in total. The van der Waals surface area contributed by atoms with Gasteiger partial charge in [0.2, 0.25) is 0 Å². The lowest BCUT2D eigenvalue weighted by atomic mass is 9.91. The lowest BCUT2D eigenvalue weighted by Gasteiger charge is -2.13. The Morgan fingerprint density at radius 3 is 2.52 bits per heavy atom. The van der Waals surface area contributed by atoms with Gasteiger partial charge in [-0.3, -0.25) is 0 Å². The van der Waals surface area contributed by atoms with Crippen LogP contribution in [0.3, 0.4) is 0 Å². The lowest BCUT2D eigenvalue weighted by molar-refractivity contribution is 0.563. The molecule has 0 fully saturated rings. The smallest absolute Gasteiger partial charge is 0.344 e. The summed E-state index contributed by atoms with van der Waals surface area (Å²) < 4.78 is 5.66. The fourth-order valence-electron chi connectivity index (χ4n) is 3.15. The van der Waals surface area contributed by atoms with Crippen LogP contribution in [0.4, 0.5) is 0 Å². The highest BCUT2D eigenvalue weighted by atomic mass is 32.1. The number of terminal acetylenes is 1. The predicted molar refractivity (Wildman–Crippen MR) is 104 cm³/mol. The van der Waals surface area contributed by atoms with Crippen molar-refractivity contribution in [2.75, 3.05) is 0 Å². The summed E-state index contributed by atoms with van der Waals surface area (Å²) >= 11 is 1.54. The van der Waals surface area contributed by atoms with Gasteiger partial charge in [0.1, 0.15) is 5.58 Å².